The zero-order valence-corrected chi connectivity index (χ0v) is 9.60. The maximum absolute atomic E-state index is 10.8. The number of rotatable bonds is 4. The second-order valence-corrected chi connectivity index (χ2v) is 4.19. The molecule has 0 saturated carbocycles. The van der Waals surface area contributed by atoms with Gasteiger partial charge in [0.05, 0.1) is 0 Å². The average Bonchev–Trinajstić information content (AvgIpc) is 2.71. The van der Waals surface area contributed by atoms with Crippen molar-refractivity contribution in [2.24, 2.45) is 5.73 Å². The van der Waals surface area contributed by atoms with Gasteiger partial charge in [-0.25, -0.2) is 0 Å². The summed E-state index contributed by atoms with van der Waals surface area (Å²) in [6.45, 7) is 5.49. The number of carboxylic acids is 1. The van der Waals surface area contributed by atoms with Crippen LogP contribution >= 0.6 is 0 Å². The molecule has 0 saturated heterocycles. The summed E-state index contributed by atoms with van der Waals surface area (Å²) >= 11 is 0. The minimum Gasteiger partial charge on any atom is -0.480 e. The van der Waals surface area contributed by atoms with E-state index in [1.807, 2.05) is 18.2 Å². The summed E-state index contributed by atoms with van der Waals surface area (Å²) in [5.74, 6) is -0.995. The number of aliphatic carboxylic acids is 1. The molecule has 0 fully saturated rings. The monoisotopic (exact) mass is 232 g/mol. The van der Waals surface area contributed by atoms with Gasteiger partial charge in [-0.1, -0.05) is 18.2 Å². The van der Waals surface area contributed by atoms with Gasteiger partial charge in [0.15, 0.2) is 0 Å². The summed E-state index contributed by atoms with van der Waals surface area (Å²) in [5, 5.41) is 8.87. The zero-order chi connectivity index (χ0) is 12.4. The molecule has 0 bridgehead atoms. The molecular formula is C13H16N2O2. The van der Waals surface area contributed by atoms with Crippen molar-refractivity contribution >= 4 is 11.7 Å². The van der Waals surface area contributed by atoms with Crippen LogP contribution in [0.1, 0.15) is 17.2 Å². The Kier molecular flexibility index (Phi) is 3.15. The fourth-order valence-corrected chi connectivity index (χ4v) is 2.17. The van der Waals surface area contributed by atoms with Crippen molar-refractivity contribution in [3.8, 4) is 0 Å². The van der Waals surface area contributed by atoms with Crippen molar-refractivity contribution in [2.45, 2.75) is 12.5 Å². The van der Waals surface area contributed by atoms with Gasteiger partial charge in [-0.2, -0.15) is 0 Å². The summed E-state index contributed by atoms with van der Waals surface area (Å²) in [6.07, 6.45) is 2.80. The van der Waals surface area contributed by atoms with Gasteiger partial charge in [-0.05, 0) is 23.6 Å². The number of nitrogens with two attached hydrogens (primary N) is 1. The lowest BCUT2D eigenvalue weighted by Crippen LogP contribution is -2.21. The third-order valence-electron chi connectivity index (χ3n) is 3.07. The van der Waals surface area contributed by atoms with E-state index in [1.54, 1.807) is 6.07 Å². The minimum absolute atomic E-state index is 0.664. The fourth-order valence-electron chi connectivity index (χ4n) is 2.17. The highest BCUT2D eigenvalue weighted by atomic mass is 16.4. The first-order valence-corrected chi connectivity index (χ1v) is 5.60. The van der Waals surface area contributed by atoms with Gasteiger partial charge < -0.3 is 15.7 Å². The minimum atomic E-state index is -0.995. The number of benzene rings is 1. The molecule has 1 aromatic rings. The lowest BCUT2D eigenvalue weighted by molar-refractivity contribution is -0.138. The van der Waals surface area contributed by atoms with Crippen molar-refractivity contribution in [1.82, 2.24) is 0 Å². The molecule has 0 aromatic heterocycles. The summed E-state index contributed by atoms with van der Waals surface area (Å²) in [5.41, 5.74) is 8.59. The summed E-state index contributed by atoms with van der Waals surface area (Å²) in [4.78, 5) is 13.0. The first-order chi connectivity index (χ1) is 8.13. The van der Waals surface area contributed by atoms with Crippen molar-refractivity contribution in [1.29, 1.82) is 0 Å². The van der Waals surface area contributed by atoms with E-state index in [9.17, 15) is 4.79 Å². The molecule has 2 rings (SSSR count). The van der Waals surface area contributed by atoms with E-state index < -0.39 is 12.0 Å². The first-order valence-electron chi connectivity index (χ1n) is 5.60. The maximum Gasteiger partial charge on any atom is 0.325 e. The van der Waals surface area contributed by atoms with Crippen molar-refractivity contribution in [3.05, 3.63) is 42.0 Å². The molecule has 1 heterocycles. The van der Waals surface area contributed by atoms with E-state index in [0.29, 0.717) is 5.56 Å². The molecule has 17 heavy (non-hydrogen) atoms. The highest BCUT2D eigenvalue weighted by molar-refractivity contribution is 5.76. The molecule has 1 aliphatic rings. The van der Waals surface area contributed by atoms with E-state index in [4.69, 9.17) is 10.8 Å². The van der Waals surface area contributed by atoms with Crippen LogP contribution in [-0.4, -0.2) is 24.2 Å². The Morgan fingerprint density at radius 3 is 3.06 bits per heavy atom. The van der Waals surface area contributed by atoms with Gasteiger partial charge in [0.25, 0.3) is 0 Å². The van der Waals surface area contributed by atoms with Crippen molar-refractivity contribution in [2.75, 3.05) is 18.0 Å². The zero-order valence-electron chi connectivity index (χ0n) is 9.60. The van der Waals surface area contributed by atoms with Crippen molar-refractivity contribution < 1.29 is 9.90 Å². The van der Waals surface area contributed by atoms with Crippen LogP contribution in [0.3, 0.4) is 0 Å². The third-order valence-corrected chi connectivity index (χ3v) is 3.07. The predicted octanol–water partition coefficient (Wildman–Crippen LogP) is 1.32. The Bertz CT molecular complexity index is 457. The summed E-state index contributed by atoms with van der Waals surface area (Å²) < 4.78 is 0. The molecule has 1 aliphatic heterocycles. The molecule has 4 heteroatoms. The van der Waals surface area contributed by atoms with Crippen LogP contribution in [-0.2, 0) is 11.2 Å². The first kappa shape index (κ1) is 11.7. The van der Waals surface area contributed by atoms with Crippen molar-refractivity contribution in [3.63, 3.8) is 0 Å². The van der Waals surface area contributed by atoms with E-state index in [1.165, 1.54) is 5.56 Å². The third kappa shape index (κ3) is 2.17. The number of anilines is 1. The molecule has 3 N–H and O–H groups in total. The molecule has 90 valence electrons. The standard InChI is InChI=1S/C13H16N2O2/c1-2-6-15-7-5-9-8-10(3-4-11(9)15)12(14)13(16)17/h2-4,8,12H,1,5-7,14H2,(H,16,17)/t12-/m0/s1. The lowest BCUT2D eigenvalue weighted by atomic mass is 10.0. The molecule has 1 atom stereocenters. The smallest absolute Gasteiger partial charge is 0.325 e. The SMILES string of the molecule is C=CCN1CCc2cc([C@H](N)C(=O)O)ccc21. The second kappa shape index (κ2) is 4.59. The summed E-state index contributed by atoms with van der Waals surface area (Å²) in [6, 6.07) is 4.70. The van der Waals surface area contributed by atoms with Gasteiger partial charge >= 0.3 is 5.97 Å². The van der Waals surface area contributed by atoms with E-state index in [0.717, 1.165) is 25.2 Å². The van der Waals surface area contributed by atoms with Gasteiger partial charge in [-0.15, -0.1) is 6.58 Å². The molecular weight excluding hydrogens is 216 g/mol. The number of fused-ring (bicyclic) bond motifs is 1. The number of hydrogen-bond donors (Lipinski definition) is 2. The normalized spacial score (nSPS) is 15.5. The second-order valence-electron chi connectivity index (χ2n) is 4.19. The maximum atomic E-state index is 10.8. The number of carboxylic acid groups (broad SMARTS) is 1. The van der Waals surface area contributed by atoms with Gasteiger partial charge in [0.2, 0.25) is 0 Å². The Labute approximate surface area is 100 Å². The highest BCUT2D eigenvalue weighted by Gasteiger charge is 2.21. The lowest BCUT2D eigenvalue weighted by Gasteiger charge is -2.17. The number of carbonyl (C=O) groups is 1. The Morgan fingerprint density at radius 1 is 1.65 bits per heavy atom. The van der Waals surface area contributed by atoms with Crippen LogP contribution < -0.4 is 10.6 Å². The van der Waals surface area contributed by atoms with E-state index in [-0.39, 0.29) is 0 Å². The average molecular weight is 232 g/mol. The quantitative estimate of drug-likeness (QED) is 0.768. The fraction of sp³-hybridized carbons (Fsp3) is 0.308. The van der Waals surface area contributed by atoms with Crippen LogP contribution in [0.5, 0.6) is 0 Å². The van der Waals surface area contributed by atoms with E-state index >= 15 is 0 Å². The number of hydrogen-bond acceptors (Lipinski definition) is 3. The summed E-state index contributed by atoms with van der Waals surface area (Å²) in [7, 11) is 0. The Hall–Kier alpha value is -1.81. The molecule has 4 nitrogen and oxygen atoms in total. The molecule has 0 unspecified atom stereocenters. The highest BCUT2D eigenvalue weighted by Crippen LogP contribution is 2.29. The largest absolute Gasteiger partial charge is 0.480 e. The topological polar surface area (TPSA) is 66.6 Å². The van der Waals surface area contributed by atoms with Crippen LogP contribution in [0, 0.1) is 0 Å². The van der Waals surface area contributed by atoms with Crippen LogP contribution in [0.4, 0.5) is 5.69 Å². The van der Waals surface area contributed by atoms with E-state index in [2.05, 4.69) is 11.5 Å². The van der Waals surface area contributed by atoms with Crippen LogP contribution in [0.2, 0.25) is 0 Å². The van der Waals surface area contributed by atoms with Crippen LogP contribution in [0.15, 0.2) is 30.9 Å². The number of nitrogens with zero attached hydrogens (tertiary/aromatic N) is 1. The molecule has 1 aromatic carbocycles. The van der Waals surface area contributed by atoms with Gasteiger partial charge in [0.1, 0.15) is 6.04 Å². The predicted molar refractivity (Wildman–Crippen MR) is 67.1 cm³/mol. The van der Waals surface area contributed by atoms with Gasteiger partial charge in [0, 0.05) is 18.8 Å². The molecule has 0 aliphatic carbocycles. The Balaban J connectivity index is 2.28. The van der Waals surface area contributed by atoms with Gasteiger partial charge in [-0.3, -0.25) is 4.79 Å². The molecule has 0 amide bonds. The van der Waals surface area contributed by atoms with Crippen LogP contribution in [0.25, 0.3) is 0 Å². The molecule has 0 radical (unpaired) electrons. The molecule has 0 spiro atoms. The Morgan fingerprint density at radius 2 is 2.41 bits per heavy atom.